The molecular formula is C23H19F5N6O3. The van der Waals surface area contributed by atoms with Crippen LogP contribution in [0.15, 0.2) is 18.3 Å². The third-order valence-electron chi connectivity index (χ3n) is 6.70. The largest absolute Gasteiger partial charge is 0.341 e. The average Bonchev–Trinajstić information content (AvgIpc) is 3.53. The maximum absolute atomic E-state index is 13.8. The van der Waals surface area contributed by atoms with Crippen molar-refractivity contribution in [2.45, 2.75) is 50.6 Å². The summed E-state index contributed by atoms with van der Waals surface area (Å²) in [4.78, 5) is 39.3. The molecular weight excluding hydrogens is 503 g/mol. The number of H-pyrrole nitrogens is 1. The molecule has 14 heteroatoms. The molecule has 9 nitrogen and oxygen atoms in total. The van der Waals surface area contributed by atoms with Crippen LogP contribution in [0.3, 0.4) is 0 Å². The van der Waals surface area contributed by atoms with Crippen LogP contribution in [0.1, 0.15) is 57.1 Å². The van der Waals surface area contributed by atoms with Crippen LogP contribution in [0, 0.1) is 24.4 Å². The summed E-state index contributed by atoms with van der Waals surface area (Å²) in [5, 5.41) is 14.2. The van der Waals surface area contributed by atoms with Gasteiger partial charge >= 0.3 is 0 Å². The Labute approximate surface area is 205 Å². The second-order valence-electron chi connectivity index (χ2n) is 9.20. The van der Waals surface area contributed by atoms with Gasteiger partial charge in [-0.05, 0) is 25.3 Å². The molecule has 1 fully saturated rings. The number of amides is 2. The first kappa shape index (κ1) is 24.6. The number of aromatic nitrogens is 4. The lowest BCUT2D eigenvalue weighted by Crippen LogP contribution is -2.61. The number of halogens is 5. The topological polar surface area (TPSA) is 122 Å². The molecule has 1 aliphatic heterocycles. The molecule has 3 aromatic rings. The normalized spacial score (nSPS) is 17.1. The molecule has 1 saturated carbocycles. The first-order chi connectivity index (χ1) is 17.4. The summed E-state index contributed by atoms with van der Waals surface area (Å²) < 4.78 is 69.5. The molecule has 3 N–H and O–H groups in total. The molecule has 2 amide bonds. The lowest BCUT2D eigenvalue weighted by atomic mass is 9.71. The zero-order chi connectivity index (χ0) is 26.7. The van der Waals surface area contributed by atoms with Crippen LogP contribution in [0.4, 0.5) is 27.6 Å². The molecule has 1 aromatic carbocycles. The number of hydrogen-bond acceptors (Lipinski definition) is 5. The molecule has 3 heterocycles. The van der Waals surface area contributed by atoms with Gasteiger partial charge in [-0.3, -0.25) is 19.5 Å². The number of benzene rings is 1. The van der Waals surface area contributed by atoms with Gasteiger partial charge in [0.05, 0.1) is 28.7 Å². The quantitative estimate of drug-likeness (QED) is 0.199. The van der Waals surface area contributed by atoms with E-state index >= 15 is 0 Å². The number of Topliss-reactive ketones (excluding diaryl/α,β-unsaturated/α-hetero) is 1. The highest BCUT2D eigenvalue weighted by molar-refractivity contribution is 6.43. The van der Waals surface area contributed by atoms with Crippen molar-refractivity contribution in [2.24, 2.45) is 0 Å². The SMILES string of the molecule is Cc1c(C(=O)Nc2cc(F)c(F)c(F)c2)c2n(c1C(=O)C(=O)NC1(c3cnn[nH]3)CC(F)(F)C1)CCC2. The van der Waals surface area contributed by atoms with Gasteiger partial charge in [0.25, 0.3) is 23.5 Å². The Morgan fingerprint density at radius 1 is 1.11 bits per heavy atom. The average molecular weight is 522 g/mol. The Morgan fingerprint density at radius 3 is 2.38 bits per heavy atom. The Morgan fingerprint density at radius 2 is 1.78 bits per heavy atom. The van der Waals surface area contributed by atoms with E-state index in [4.69, 9.17) is 0 Å². The van der Waals surface area contributed by atoms with Crippen LogP contribution >= 0.6 is 0 Å². The molecule has 2 aliphatic rings. The highest BCUT2D eigenvalue weighted by Gasteiger charge is 2.59. The molecule has 0 unspecified atom stereocenters. The zero-order valence-corrected chi connectivity index (χ0v) is 19.2. The molecule has 194 valence electrons. The van der Waals surface area contributed by atoms with Crippen molar-refractivity contribution in [1.29, 1.82) is 0 Å². The third-order valence-corrected chi connectivity index (χ3v) is 6.70. The van der Waals surface area contributed by atoms with E-state index in [0.29, 0.717) is 37.2 Å². The van der Waals surface area contributed by atoms with Gasteiger partial charge in [0.2, 0.25) is 0 Å². The van der Waals surface area contributed by atoms with E-state index in [1.807, 2.05) is 0 Å². The van der Waals surface area contributed by atoms with E-state index in [2.05, 4.69) is 26.0 Å². The molecule has 37 heavy (non-hydrogen) atoms. The molecule has 1 aliphatic carbocycles. The fourth-order valence-electron chi connectivity index (χ4n) is 5.12. The van der Waals surface area contributed by atoms with Crippen molar-refractivity contribution in [3.63, 3.8) is 0 Å². The third kappa shape index (κ3) is 4.05. The highest BCUT2D eigenvalue weighted by atomic mass is 19.3. The maximum Gasteiger partial charge on any atom is 0.294 e. The highest BCUT2D eigenvalue weighted by Crippen LogP contribution is 2.51. The Kier molecular flexibility index (Phi) is 5.64. The summed E-state index contributed by atoms with van der Waals surface area (Å²) >= 11 is 0. The first-order valence-electron chi connectivity index (χ1n) is 11.2. The van der Waals surface area contributed by atoms with Crippen molar-refractivity contribution < 1.29 is 36.3 Å². The van der Waals surface area contributed by atoms with E-state index in [0.717, 1.165) is 0 Å². The monoisotopic (exact) mass is 522 g/mol. The zero-order valence-electron chi connectivity index (χ0n) is 19.2. The second-order valence-corrected chi connectivity index (χ2v) is 9.20. The minimum Gasteiger partial charge on any atom is -0.341 e. The number of aromatic amines is 1. The van der Waals surface area contributed by atoms with Crippen molar-refractivity contribution in [2.75, 3.05) is 5.32 Å². The number of carbonyl (C=O) groups excluding carboxylic acids is 3. The van der Waals surface area contributed by atoms with Crippen LogP contribution in [0.5, 0.6) is 0 Å². The Hall–Kier alpha value is -4.10. The number of nitrogens with one attached hydrogen (secondary N) is 3. The summed E-state index contributed by atoms with van der Waals surface area (Å²) in [7, 11) is 0. The van der Waals surface area contributed by atoms with Gasteiger partial charge in [-0.15, -0.1) is 5.10 Å². The molecule has 0 bridgehead atoms. The lowest BCUT2D eigenvalue weighted by Gasteiger charge is -2.46. The van der Waals surface area contributed by atoms with Gasteiger partial charge < -0.3 is 15.2 Å². The number of nitrogens with zero attached hydrogens (tertiary/aromatic N) is 3. The number of hydrogen-bond donors (Lipinski definition) is 3. The first-order valence-corrected chi connectivity index (χ1v) is 11.2. The van der Waals surface area contributed by atoms with Gasteiger partial charge in [0.15, 0.2) is 17.5 Å². The van der Waals surface area contributed by atoms with Crippen LogP contribution in [0.2, 0.25) is 0 Å². The molecule has 2 aromatic heterocycles. The van der Waals surface area contributed by atoms with Gasteiger partial charge in [-0.1, -0.05) is 5.21 Å². The van der Waals surface area contributed by atoms with E-state index < -0.39 is 59.4 Å². The lowest BCUT2D eigenvalue weighted by molar-refractivity contribution is -0.148. The smallest absolute Gasteiger partial charge is 0.294 e. The summed E-state index contributed by atoms with van der Waals surface area (Å²) in [5.41, 5.74) is -1.30. The summed E-state index contributed by atoms with van der Waals surface area (Å²) in [6.07, 6.45) is 0.594. The van der Waals surface area contributed by atoms with Gasteiger partial charge in [-0.25, -0.2) is 22.0 Å². The van der Waals surface area contributed by atoms with Gasteiger partial charge in [0, 0.05) is 42.9 Å². The summed E-state index contributed by atoms with van der Waals surface area (Å²) in [6.45, 7) is 1.74. The maximum atomic E-state index is 13.8. The van der Waals surface area contributed by atoms with E-state index in [1.54, 1.807) is 0 Å². The van der Waals surface area contributed by atoms with Gasteiger partial charge in [0.1, 0.15) is 0 Å². The molecule has 0 saturated heterocycles. The number of ketones is 1. The van der Waals surface area contributed by atoms with Crippen LogP contribution < -0.4 is 10.6 Å². The molecule has 0 radical (unpaired) electrons. The van der Waals surface area contributed by atoms with E-state index in [9.17, 15) is 36.3 Å². The van der Waals surface area contributed by atoms with Crippen LogP contribution in [-0.2, 0) is 23.3 Å². The van der Waals surface area contributed by atoms with Crippen molar-refractivity contribution in [3.05, 3.63) is 64.0 Å². The number of fused-ring (bicyclic) bond motifs is 1. The summed E-state index contributed by atoms with van der Waals surface area (Å²) in [5.74, 6) is -10.7. The van der Waals surface area contributed by atoms with Gasteiger partial charge in [-0.2, -0.15) is 0 Å². The number of carbonyl (C=O) groups is 3. The van der Waals surface area contributed by atoms with Crippen molar-refractivity contribution >= 4 is 23.3 Å². The van der Waals surface area contributed by atoms with Crippen molar-refractivity contribution in [1.82, 2.24) is 25.3 Å². The number of rotatable bonds is 6. The van der Waals surface area contributed by atoms with Crippen molar-refractivity contribution in [3.8, 4) is 0 Å². The van der Waals surface area contributed by atoms with Crippen LogP contribution in [-0.4, -0.2) is 43.5 Å². The molecule has 0 spiro atoms. The number of anilines is 1. The standard InChI is InChI=1S/C23H19F5N6O3/c1-10-16(20(36)30-11-5-12(24)17(26)13(25)6-11)14-3-2-4-34(14)18(10)19(35)21(37)31-22(8-23(27,28)9-22)15-7-29-33-32-15/h5-7H,2-4,8-9H2,1H3,(H,30,36)(H,31,37)(H,29,32,33). The Balaban J connectivity index is 1.44. The van der Waals surface area contributed by atoms with Crippen LogP contribution in [0.25, 0.3) is 0 Å². The Bertz CT molecular complexity index is 1420. The molecule has 0 atom stereocenters. The van der Waals surface area contributed by atoms with E-state index in [-0.39, 0.29) is 28.2 Å². The minimum atomic E-state index is -3.06. The predicted molar refractivity (Wildman–Crippen MR) is 116 cm³/mol. The fraction of sp³-hybridized carbons (Fsp3) is 0.348. The predicted octanol–water partition coefficient (Wildman–Crippen LogP) is 3.15. The fourth-order valence-corrected chi connectivity index (χ4v) is 5.12. The minimum absolute atomic E-state index is 0.0291. The summed E-state index contributed by atoms with van der Waals surface area (Å²) in [6, 6.07) is 1.22. The second kappa shape index (κ2) is 8.49. The molecule has 5 rings (SSSR count). The number of alkyl halides is 2. The van der Waals surface area contributed by atoms with E-state index in [1.165, 1.54) is 17.7 Å².